The first-order valence-electron chi connectivity index (χ1n) is 7.84. The van der Waals surface area contributed by atoms with Crippen molar-refractivity contribution in [1.82, 2.24) is 0 Å². The number of sulfone groups is 1. The van der Waals surface area contributed by atoms with Gasteiger partial charge in [-0.25, -0.2) is 8.42 Å². The van der Waals surface area contributed by atoms with Crippen molar-refractivity contribution >= 4 is 44.6 Å². The first-order valence-corrected chi connectivity index (χ1v) is 9.93. The summed E-state index contributed by atoms with van der Waals surface area (Å²) >= 11 is 5.88. The molecule has 0 spiro atoms. The minimum absolute atomic E-state index is 0.128. The van der Waals surface area contributed by atoms with Gasteiger partial charge < -0.3 is 4.90 Å². The van der Waals surface area contributed by atoms with Gasteiger partial charge in [-0.1, -0.05) is 23.7 Å². The van der Waals surface area contributed by atoms with E-state index < -0.39 is 26.9 Å². The van der Waals surface area contributed by atoms with Gasteiger partial charge in [-0.05, 0) is 42.0 Å². The number of hydrogen-bond donors (Lipinski definition) is 0. The fraction of sp³-hybridized carbons (Fsp3) is 0.222. The Balaban J connectivity index is 2.02. The molecular formula is C18H17ClN2O4S. The fourth-order valence-corrected chi connectivity index (χ4v) is 4.79. The summed E-state index contributed by atoms with van der Waals surface area (Å²) in [4.78, 5) is 26.6. The van der Waals surface area contributed by atoms with E-state index in [9.17, 15) is 18.0 Å². The molecule has 1 heterocycles. The molecule has 0 unspecified atom stereocenters. The summed E-state index contributed by atoms with van der Waals surface area (Å²) in [5.74, 6) is -1.16. The number of hydrogen-bond acceptors (Lipinski definition) is 4. The Labute approximate surface area is 156 Å². The molecule has 1 fully saturated rings. The molecule has 0 N–H and O–H groups in total. The van der Waals surface area contributed by atoms with Crippen molar-refractivity contribution in [3.63, 3.8) is 0 Å². The van der Waals surface area contributed by atoms with Gasteiger partial charge in [-0.3, -0.25) is 14.5 Å². The highest BCUT2D eigenvalue weighted by atomic mass is 35.5. The first-order chi connectivity index (χ1) is 12.2. The number of carbonyl (C=O) groups is 2. The van der Waals surface area contributed by atoms with Gasteiger partial charge in [0.2, 0.25) is 11.8 Å². The molecule has 2 amide bonds. The van der Waals surface area contributed by atoms with Gasteiger partial charge in [0.25, 0.3) is 0 Å². The van der Waals surface area contributed by atoms with Crippen molar-refractivity contribution < 1.29 is 18.0 Å². The van der Waals surface area contributed by atoms with Crippen LogP contribution in [0.4, 0.5) is 11.4 Å². The van der Waals surface area contributed by atoms with E-state index in [1.807, 2.05) is 0 Å². The van der Waals surface area contributed by atoms with Gasteiger partial charge >= 0.3 is 0 Å². The molecule has 1 saturated heterocycles. The zero-order valence-electron chi connectivity index (χ0n) is 14.2. The number of halogens is 1. The van der Waals surface area contributed by atoms with E-state index in [0.717, 1.165) is 0 Å². The van der Waals surface area contributed by atoms with Crippen molar-refractivity contribution in [2.75, 3.05) is 22.6 Å². The molecule has 0 aromatic heterocycles. The van der Waals surface area contributed by atoms with Crippen molar-refractivity contribution in [3.05, 3.63) is 59.1 Å². The normalized spacial score (nSPS) is 18.8. The van der Waals surface area contributed by atoms with Crippen LogP contribution in [-0.4, -0.2) is 33.0 Å². The predicted octanol–water partition coefficient (Wildman–Crippen LogP) is 2.78. The lowest BCUT2D eigenvalue weighted by Gasteiger charge is -2.24. The summed E-state index contributed by atoms with van der Waals surface area (Å²) in [5.41, 5.74) is 1.58. The van der Waals surface area contributed by atoms with Gasteiger partial charge in [0.15, 0.2) is 15.2 Å². The largest absolute Gasteiger partial charge is 0.316 e. The molecule has 6 nitrogen and oxygen atoms in total. The number of carbonyl (C=O) groups excluding carboxylic acids is 2. The van der Waals surface area contributed by atoms with Crippen molar-refractivity contribution in [2.24, 2.45) is 0 Å². The summed E-state index contributed by atoms with van der Waals surface area (Å²) in [6.45, 7) is 1.45. The van der Waals surface area contributed by atoms with Crippen LogP contribution in [0.1, 0.15) is 17.9 Å². The van der Waals surface area contributed by atoms with E-state index in [4.69, 9.17) is 11.6 Å². The number of rotatable bonds is 3. The number of anilines is 2. The molecule has 1 aliphatic heterocycles. The zero-order chi connectivity index (χ0) is 19.1. The minimum Gasteiger partial charge on any atom is -0.316 e. The second-order valence-electron chi connectivity index (χ2n) is 6.07. The summed E-state index contributed by atoms with van der Waals surface area (Å²) in [5, 5.41) is -0.609. The monoisotopic (exact) mass is 392 g/mol. The summed E-state index contributed by atoms with van der Waals surface area (Å²) in [6.07, 6.45) is 0. The van der Waals surface area contributed by atoms with E-state index in [1.54, 1.807) is 55.6 Å². The van der Waals surface area contributed by atoms with E-state index in [1.165, 1.54) is 16.7 Å². The van der Waals surface area contributed by atoms with Crippen LogP contribution in [0, 0.1) is 0 Å². The maximum absolute atomic E-state index is 12.6. The molecule has 1 atom stereocenters. The Hall–Kier alpha value is -2.38. The van der Waals surface area contributed by atoms with Gasteiger partial charge in [-0.15, -0.1) is 0 Å². The average Bonchev–Trinajstić information content (AvgIpc) is 2.83. The maximum atomic E-state index is 12.6. The second kappa shape index (κ2) is 6.74. The van der Waals surface area contributed by atoms with Crippen LogP contribution >= 0.6 is 11.6 Å². The highest BCUT2D eigenvalue weighted by Crippen LogP contribution is 2.38. The standard InChI is InChI=1S/C18H17ClN2O4S/c1-12(22)20(2)15-7-9-16(10-8-15)21-17(23)11-26(24,25)18(21)13-3-5-14(19)6-4-13/h3-10,18H,11H2,1-2H3/t18-/m1/s1. The lowest BCUT2D eigenvalue weighted by atomic mass is 10.2. The molecule has 2 aromatic carbocycles. The summed E-state index contributed by atoms with van der Waals surface area (Å²) in [7, 11) is -2.03. The predicted molar refractivity (Wildman–Crippen MR) is 101 cm³/mol. The Kier molecular flexibility index (Phi) is 4.77. The third kappa shape index (κ3) is 3.32. The summed E-state index contributed by atoms with van der Waals surface area (Å²) < 4.78 is 25.1. The minimum atomic E-state index is -3.67. The average molecular weight is 393 g/mol. The lowest BCUT2D eigenvalue weighted by molar-refractivity contribution is -0.116. The molecule has 26 heavy (non-hydrogen) atoms. The van der Waals surface area contributed by atoms with E-state index >= 15 is 0 Å². The van der Waals surface area contributed by atoms with Crippen molar-refractivity contribution in [1.29, 1.82) is 0 Å². The van der Waals surface area contributed by atoms with Crippen LogP contribution in [0.25, 0.3) is 0 Å². The second-order valence-corrected chi connectivity index (χ2v) is 8.57. The number of benzene rings is 2. The molecule has 3 rings (SSSR count). The lowest BCUT2D eigenvalue weighted by Crippen LogP contribution is -2.29. The SMILES string of the molecule is CC(=O)N(C)c1ccc(N2C(=O)CS(=O)(=O)[C@@H]2c2ccc(Cl)cc2)cc1. The molecule has 0 radical (unpaired) electrons. The van der Waals surface area contributed by atoms with E-state index in [-0.39, 0.29) is 5.91 Å². The number of nitrogens with zero attached hydrogens (tertiary/aromatic N) is 2. The molecule has 1 aliphatic rings. The summed E-state index contributed by atoms with van der Waals surface area (Å²) in [6, 6.07) is 13.0. The number of amides is 2. The smallest absolute Gasteiger partial charge is 0.243 e. The van der Waals surface area contributed by atoms with Crippen molar-refractivity contribution in [2.45, 2.75) is 12.3 Å². The molecule has 2 aromatic rings. The van der Waals surface area contributed by atoms with E-state index in [0.29, 0.717) is 22.0 Å². The molecule has 8 heteroatoms. The van der Waals surface area contributed by atoms with E-state index in [2.05, 4.69) is 0 Å². The van der Waals surface area contributed by atoms with Crippen LogP contribution in [0.2, 0.25) is 5.02 Å². The van der Waals surface area contributed by atoms with Crippen molar-refractivity contribution in [3.8, 4) is 0 Å². The molecule has 0 aliphatic carbocycles. The maximum Gasteiger partial charge on any atom is 0.243 e. The van der Waals surface area contributed by atoms with Gasteiger partial charge in [0.05, 0.1) is 0 Å². The molecule has 136 valence electrons. The Morgan fingerprint density at radius 3 is 2.23 bits per heavy atom. The van der Waals surface area contributed by atoms with Crippen LogP contribution < -0.4 is 9.80 Å². The van der Waals surface area contributed by atoms with Crippen LogP contribution in [0.15, 0.2) is 48.5 Å². The van der Waals surface area contributed by atoms with Crippen LogP contribution in [-0.2, 0) is 19.4 Å². The topological polar surface area (TPSA) is 74.8 Å². The Bertz CT molecular complexity index is 956. The highest BCUT2D eigenvalue weighted by molar-refractivity contribution is 7.93. The molecular weight excluding hydrogens is 376 g/mol. The van der Waals surface area contributed by atoms with Crippen LogP contribution in [0.5, 0.6) is 0 Å². The third-order valence-electron chi connectivity index (χ3n) is 4.31. The van der Waals surface area contributed by atoms with Gasteiger partial charge in [0, 0.05) is 30.4 Å². The van der Waals surface area contributed by atoms with Crippen LogP contribution in [0.3, 0.4) is 0 Å². The zero-order valence-corrected chi connectivity index (χ0v) is 15.8. The molecule has 0 saturated carbocycles. The highest BCUT2D eigenvalue weighted by Gasteiger charge is 2.45. The van der Waals surface area contributed by atoms with Gasteiger partial charge in [0.1, 0.15) is 5.75 Å². The Morgan fingerprint density at radius 1 is 1.12 bits per heavy atom. The third-order valence-corrected chi connectivity index (χ3v) is 6.38. The quantitative estimate of drug-likeness (QED) is 0.804. The molecule has 0 bridgehead atoms. The van der Waals surface area contributed by atoms with Gasteiger partial charge in [-0.2, -0.15) is 0 Å². The Morgan fingerprint density at radius 2 is 1.69 bits per heavy atom. The fourth-order valence-electron chi connectivity index (χ4n) is 2.89. The first kappa shape index (κ1) is 18.4.